The van der Waals surface area contributed by atoms with Gasteiger partial charge >= 0.3 is 0 Å². The minimum absolute atomic E-state index is 0.0501. The lowest BCUT2D eigenvalue weighted by Gasteiger charge is -2.20. The molecule has 0 unspecified atom stereocenters. The number of benzene rings is 1. The topological polar surface area (TPSA) is 58.6 Å². The van der Waals surface area contributed by atoms with Crippen LogP contribution >= 0.6 is 0 Å². The van der Waals surface area contributed by atoms with Gasteiger partial charge < -0.3 is 15.2 Å². The summed E-state index contributed by atoms with van der Waals surface area (Å²) in [6.07, 6.45) is 1.79. The van der Waals surface area contributed by atoms with E-state index in [1.54, 1.807) is 6.07 Å². The standard InChI is InChI=1S/C11H13NO3/c1-2-3-7-4-8(13)5-9-11(7)15-6-10(14)12-9/h4-5,13H,2-3,6H2,1H3,(H,12,14). The van der Waals surface area contributed by atoms with Crippen LogP contribution in [-0.2, 0) is 11.2 Å². The van der Waals surface area contributed by atoms with Crippen molar-refractivity contribution in [1.29, 1.82) is 0 Å². The van der Waals surface area contributed by atoms with Crippen LogP contribution in [0.25, 0.3) is 0 Å². The minimum Gasteiger partial charge on any atom is -0.508 e. The van der Waals surface area contributed by atoms with Gasteiger partial charge in [-0.15, -0.1) is 0 Å². The summed E-state index contributed by atoms with van der Waals surface area (Å²) in [6.45, 7) is 2.10. The van der Waals surface area contributed by atoms with E-state index in [9.17, 15) is 9.90 Å². The van der Waals surface area contributed by atoms with Gasteiger partial charge in [0.1, 0.15) is 11.5 Å². The van der Waals surface area contributed by atoms with Crippen molar-refractivity contribution < 1.29 is 14.6 Å². The number of nitrogens with one attached hydrogen (secondary N) is 1. The van der Waals surface area contributed by atoms with Gasteiger partial charge in [0, 0.05) is 6.07 Å². The lowest BCUT2D eigenvalue weighted by atomic mass is 10.1. The van der Waals surface area contributed by atoms with E-state index in [1.165, 1.54) is 6.07 Å². The molecule has 1 aliphatic heterocycles. The van der Waals surface area contributed by atoms with Crippen LogP contribution in [0.15, 0.2) is 12.1 Å². The normalized spacial score (nSPS) is 14.1. The van der Waals surface area contributed by atoms with E-state index >= 15 is 0 Å². The average molecular weight is 207 g/mol. The van der Waals surface area contributed by atoms with Crippen molar-refractivity contribution in [2.75, 3.05) is 11.9 Å². The molecule has 2 rings (SSSR count). The summed E-state index contributed by atoms with van der Waals surface area (Å²) in [7, 11) is 0. The van der Waals surface area contributed by atoms with Gasteiger partial charge in [-0.3, -0.25) is 4.79 Å². The van der Waals surface area contributed by atoms with Gasteiger partial charge in [0.15, 0.2) is 6.61 Å². The molecule has 1 amide bonds. The fourth-order valence-corrected chi connectivity index (χ4v) is 1.71. The number of aryl methyl sites for hydroxylation is 1. The number of amides is 1. The lowest BCUT2D eigenvalue weighted by Crippen LogP contribution is -2.26. The van der Waals surface area contributed by atoms with Gasteiger partial charge in [-0.05, 0) is 18.1 Å². The van der Waals surface area contributed by atoms with Crippen molar-refractivity contribution in [2.24, 2.45) is 0 Å². The highest BCUT2D eigenvalue weighted by atomic mass is 16.5. The summed E-state index contributed by atoms with van der Waals surface area (Å²) < 4.78 is 5.35. The van der Waals surface area contributed by atoms with Crippen LogP contribution in [0, 0.1) is 0 Å². The van der Waals surface area contributed by atoms with Crippen molar-refractivity contribution in [1.82, 2.24) is 0 Å². The molecule has 0 saturated carbocycles. The van der Waals surface area contributed by atoms with Crippen LogP contribution in [0.2, 0.25) is 0 Å². The molecular weight excluding hydrogens is 194 g/mol. The van der Waals surface area contributed by atoms with Crippen molar-refractivity contribution in [2.45, 2.75) is 19.8 Å². The fraction of sp³-hybridized carbons (Fsp3) is 0.364. The second-order valence-electron chi connectivity index (χ2n) is 3.57. The van der Waals surface area contributed by atoms with Crippen LogP contribution in [0.1, 0.15) is 18.9 Å². The Morgan fingerprint density at radius 2 is 2.33 bits per heavy atom. The fourth-order valence-electron chi connectivity index (χ4n) is 1.71. The minimum atomic E-state index is -0.185. The van der Waals surface area contributed by atoms with Crippen LogP contribution in [0.5, 0.6) is 11.5 Å². The van der Waals surface area contributed by atoms with E-state index in [2.05, 4.69) is 12.2 Å². The second-order valence-corrected chi connectivity index (χ2v) is 3.57. The number of carbonyl (C=O) groups is 1. The quantitative estimate of drug-likeness (QED) is 0.775. The van der Waals surface area contributed by atoms with E-state index in [1.807, 2.05) is 0 Å². The third-order valence-electron chi connectivity index (χ3n) is 2.29. The molecule has 1 heterocycles. The number of hydrogen-bond donors (Lipinski definition) is 2. The van der Waals surface area contributed by atoms with Crippen LogP contribution in [0.4, 0.5) is 5.69 Å². The van der Waals surface area contributed by atoms with Gasteiger partial charge in [0.05, 0.1) is 5.69 Å². The highest BCUT2D eigenvalue weighted by Gasteiger charge is 2.19. The van der Waals surface area contributed by atoms with Gasteiger partial charge in [-0.25, -0.2) is 0 Å². The number of phenolic OH excluding ortho intramolecular Hbond substituents is 1. The Morgan fingerprint density at radius 1 is 1.53 bits per heavy atom. The van der Waals surface area contributed by atoms with Crippen molar-refractivity contribution in [3.05, 3.63) is 17.7 Å². The van der Waals surface area contributed by atoms with Gasteiger partial charge in [0.2, 0.25) is 0 Å². The number of hydrogen-bond acceptors (Lipinski definition) is 3. The molecule has 0 radical (unpaired) electrons. The molecule has 1 aromatic carbocycles. The van der Waals surface area contributed by atoms with E-state index < -0.39 is 0 Å². The molecule has 0 spiro atoms. The number of ether oxygens (including phenoxy) is 1. The van der Waals surface area contributed by atoms with E-state index in [4.69, 9.17) is 4.74 Å². The zero-order chi connectivity index (χ0) is 10.8. The molecule has 80 valence electrons. The molecule has 0 aromatic heterocycles. The number of phenols is 1. The highest BCUT2D eigenvalue weighted by Crippen LogP contribution is 2.36. The van der Waals surface area contributed by atoms with Crippen LogP contribution in [0.3, 0.4) is 0 Å². The molecular formula is C11H13NO3. The molecule has 2 N–H and O–H groups in total. The Balaban J connectivity index is 2.44. The van der Waals surface area contributed by atoms with E-state index in [-0.39, 0.29) is 18.3 Å². The maximum atomic E-state index is 11.1. The zero-order valence-corrected chi connectivity index (χ0v) is 8.54. The number of anilines is 1. The first-order valence-electron chi connectivity index (χ1n) is 4.99. The number of fused-ring (bicyclic) bond motifs is 1. The molecule has 4 heteroatoms. The molecule has 0 bridgehead atoms. The van der Waals surface area contributed by atoms with Gasteiger partial charge in [0.25, 0.3) is 5.91 Å². The second kappa shape index (κ2) is 3.81. The van der Waals surface area contributed by atoms with Gasteiger partial charge in [-0.2, -0.15) is 0 Å². The monoisotopic (exact) mass is 207 g/mol. The lowest BCUT2D eigenvalue weighted by molar-refractivity contribution is -0.118. The Hall–Kier alpha value is -1.71. The molecule has 0 fully saturated rings. The molecule has 15 heavy (non-hydrogen) atoms. The summed E-state index contributed by atoms with van der Waals surface area (Å²) in [5.41, 5.74) is 1.50. The van der Waals surface area contributed by atoms with E-state index in [0.717, 1.165) is 18.4 Å². The number of aromatic hydroxyl groups is 1. The Bertz CT molecular complexity index is 401. The highest BCUT2D eigenvalue weighted by molar-refractivity contribution is 5.96. The summed E-state index contributed by atoms with van der Waals surface area (Å²) in [4.78, 5) is 11.1. The predicted octanol–water partition coefficient (Wildman–Crippen LogP) is 1.68. The molecule has 4 nitrogen and oxygen atoms in total. The molecule has 1 aromatic rings. The summed E-state index contributed by atoms with van der Waals surface area (Å²) in [5.74, 6) is 0.660. The van der Waals surface area contributed by atoms with Crippen molar-refractivity contribution in [3.8, 4) is 11.5 Å². The first kappa shape index (κ1) is 9.83. The zero-order valence-electron chi connectivity index (χ0n) is 8.54. The summed E-state index contributed by atoms with van der Waals surface area (Å²) >= 11 is 0. The molecule has 0 saturated heterocycles. The summed E-state index contributed by atoms with van der Waals surface area (Å²) in [5, 5.41) is 12.2. The summed E-state index contributed by atoms with van der Waals surface area (Å²) in [6, 6.07) is 3.19. The Kier molecular flexibility index (Phi) is 2.49. The average Bonchev–Trinajstić information content (AvgIpc) is 2.17. The Labute approximate surface area is 87.9 Å². The SMILES string of the molecule is CCCc1cc(O)cc2c1OCC(=O)N2. The van der Waals surface area contributed by atoms with Crippen molar-refractivity contribution >= 4 is 11.6 Å². The number of rotatable bonds is 2. The van der Waals surface area contributed by atoms with Crippen LogP contribution in [-0.4, -0.2) is 17.6 Å². The van der Waals surface area contributed by atoms with Gasteiger partial charge in [-0.1, -0.05) is 13.3 Å². The van der Waals surface area contributed by atoms with Crippen molar-refractivity contribution in [3.63, 3.8) is 0 Å². The third kappa shape index (κ3) is 1.88. The Morgan fingerprint density at radius 3 is 3.07 bits per heavy atom. The van der Waals surface area contributed by atoms with E-state index in [0.29, 0.717) is 11.4 Å². The predicted molar refractivity (Wildman–Crippen MR) is 56.2 cm³/mol. The largest absolute Gasteiger partial charge is 0.508 e. The molecule has 0 aliphatic carbocycles. The first-order chi connectivity index (χ1) is 7.20. The third-order valence-corrected chi connectivity index (χ3v) is 2.29. The molecule has 0 atom stereocenters. The number of carbonyl (C=O) groups excluding carboxylic acids is 1. The smallest absolute Gasteiger partial charge is 0.262 e. The first-order valence-corrected chi connectivity index (χ1v) is 4.99. The molecule has 1 aliphatic rings. The maximum Gasteiger partial charge on any atom is 0.262 e. The van der Waals surface area contributed by atoms with Crippen LogP contribution < -0.4 is 10.1 Å². The maximum absolute atomic E-state index is 11.1.